The molecule has 2 rings (SSSR count). The molecule has 0 saturated carbocycles. The molecule has 0 radical (unpaired) electrons. The minimum absolute atomic E-state index is 0.0238. The molecular formula is C16H17BrN2O2. The SMILES string of the molecule is O=C(NCCCNc1ccccc1)c1ccc(Br)cc1O. The molecule has 0 aliphatic carbocycles. The van der Waals surface area contributed by atoms with Crippen LogP contribution in [0.4, 0.5) is 5.69 Å². The molecule has 0 unspecified atom stereocenters. The molecule has 0 fully saturated rings. The van der Waals surface area contributed by atoms with Crippen molar-refractivity contribution in [3.63, 3.8) is 0 Å². The Hall–Kier alpha value is -2.01. The van der Waals surface area contributed by atoms with E-state index in [0.29, 0.717) is 6.54 Å². The Morgan fingerprint density at radius 3 is 2.57 bits per heavy atom. The van der Waals surface area contributed by atoms with Crippen LogP contribution in [0.5, 0.6) is 5.75 Å². The number of hydrogen-bond donors (Lipinski definition) is 3. The number of aromatic hydroxyl groups is 1. The molecule has 0 saturated heterocycles. The third-order valence-electron chi connectivity index (χ3n) is 2.95. The lowest BCUT2D eigenvalue weighted by Crippen LogP contribution is -2.25. The molecule has 0 spiro atoms. The highest BCUT2D eigenvalue weighted by Gasteiger charge is 2.10. The van der Waals surface area contributed by atoms with E-state index in [0.717, 1.165) is 23.1 Å². The van der Waals surface area contributed by atoms with Crippen molar-refractivity contribution in [2.24, 2.45) is 0 Å². The van der Waals surface area contributed by atoms with E-state index in [9.17, 15) is 9.90 Å². The van der Waals surface area contributed by atoms with Crippen molar-refractivity contribution < 1.29 is 9.90 Å². The highest BCUT2D eigenvalue weighted by atomic mass is 79.9. The minimum Gasteiger partial charge on any atom is -0.507 e. The van der Waals surface area contributed by atoms with Gasteiger partial charge in [0.15, 0.2) is 0 Å². The third kappa shape index (κ3) is 4.79. The van der Waals surface area contributed by atoms with Crippen LogP contribution in [0, 0.1) is 0 Å². The maximum Gasteiger partial charge on any atom is 0.255 e. The number of carbonyl (C=O) groups is 1. The minimum atomic E-state index is -0.264. The molecule has 0 atom stereocenters. The number of phenols is 1. The number of hydrogen-bond acceptors (Lipinski definition) is 3. The Morgan fingerprint density at radius 2 is 1.86 bits per heavy atom. The number of nitrogens with one attached hydrogen (secondary N) is 2. The fourth-order valence-corrected chi connectivity index (χ4v) is 2.22. The highest BCUT2D eigenvalue weighted by Crippen LogP contribution is 2.21. The molecule has 2 aromatic carbocycles. The van der Waals surface area contributed by atoms with Crippen LogP contribution >= 0.6 is 15.9 Å². The molecule has 2 aromatic rings. The molecule has 0 heterocycles. The van der Waals surface area contributed by atoms with Gasteiger partial charge >= 0.3 is 0 Å². The number of carbonyl (C=O) groups excluding carboxylic acids is 1. The molecular weight excluding hydrogens is 332 g/mol. The van der Waals surface area contributed by atoms with E-state index in [1.165, 1.54) is 6.07 Å². The van der Waals surface area contributed by atoms with Crippen LogP contribution in [0.15, 0.2) is 53.0 Å². The number of benzene rings is 2. The summed E-state index contributed by atoms with van der Waals surface area (Å²) >= 11 is 3.24. The zero-order chi connectivity index (χ0) is 15.1. The van der Waals surface area contributed by atoms with E-state index in [1.54, 1.807) is 12.1 Å². The fraction of sp³-hybridized carbons (Fsp3) is 0.188. The number of para-hydroxylation sites is 1. The summed E-state index contributed by atoms with van der Waals surface area (Å²) in [6, 6.07) is 14.7. The lowest BCUT2D eigenvalue weighted by Gasteiger charge is -2.08. The smallest absolute Gasteiger partial charge is 0.255 e. The molecule has 0 aliphatic rings. The fourth-order valence-electron chi connectivity index (χ4n) is 1.87. The summed E-state index contributed by atoms with van der Waals surface area (Å²) in [6.45, 7) is 1.32. The van der Waals surface area contributed by atoms with Crippen LogP contribution in [0.3, 0.4) is 0 Å². The molecule has 110 valence electrons. The summed E-state index contributed by atoms with van der Waals surface area (Å²) in [6.07, 6.45) is 0.803. The first-order chi connectivity index (χ1) is 10.2. The molecule has 0 aliphatic heterocycles. The van der Waals surface area contributed by atoms with Gasteiger partial charge in [-0.25, -0.2) is 0 Å². The number of amides is 1. The van der Waals surface area contributed by atoms with E-state index < -0.39 is 0 Å². The molecule has 0 bridgehead atoms. The zero-order valence-electron chi connectivity index (χ0n) is 11.5. The van der Waals surface area contributed by atoms with Crippen molar-refractivity contribution in [3.8, 4) is 5.75 Å². The first-order valence-electron chi connectivity index (χ1n) is 6.72. The lowest BCUT2D eigenvalue weighted by atomic mass is 10.2. The van der Waals surface area contributed by atoms with E-state index in [4.69, 9.17) is 0 Å². The van der Waals surface area contributed by atoms with Crippen molar-refractivity contribution >= 4 is 27.5 Å². The van der Waals surface area contributed by atoms with E-state index >= 15 is 0 Å². The zero-order valence-corrected chi connectivity index (χ0v) is 13.1. The topological polar surface area (TPSA) is 61.4 Å². The highest BCUT2D eigenvalue weighted by molar-refractivity contribution is 9.10. The van der Waals surface area contributed by atoms with Gasteiger partial charge in [-0.3, -0.25) is 4.79 Å². The van der Waals surface area contributed by atoms with E-state index in [-0.39, 0.29) is 17.2 Å². The molecule has 5 heteroatoms. The van der Waals surface area contributed by atoms with Gasteiger partial charge in [-0.05, 0) is 36.8 Å². The first kappa shape index (κ1) is 15.4. The second-order valence-corrected chi connectivity index (χ2v) is 5.48. The van der Waals surface area contributed by atoms with Crippen molar-refractivity contribution in [2.45, 2.75) is 6.42 Å². The van der Waals surface area contributed by atoms with E-state index in [1.807, 2.05) is 30.3 Å². The normalized spacial score (nSPS) is 10.1. The maximum atomic E-state index is 11.9. The van der Waals surface area contributed by atoms with Crippen LogP contribution in [0.2, 0.25) is 0 Å². The second-order valence-electron chi connectivity index (χ2n) is 4.56. The maximum absolute atomic E-state index is 11.9. The average Bonchev–Trinajstić information content (AvgIpc) is 2.47. The van der Waals surface area contributed by atoms with Gasteiger partial charge in [0.25, 0.3) is 5.91 Å². The van der Waals surface area contributed by atoms with Gasteiger partial charge in [-0.15, -0.1) is 0 Å². The molecule has 1 amide bonds. The molecule has 21 heavy (non-hydrogen) atoms. The summed E-state index contributed by atoms with van der Waals surface area (Å²) in [7, 11) is 0. The van der Waals surface area contributed by atoms with Crippen LogP contribution in [-0.4, -0.2) is 24.1 Å². The predicted molar refractivity (Wildman–Crippen MR) is 87.7 cm³/mol. The second kappa shape index (κ2) is 7.69. The largest absolute Gasteiger partial charge is 0.507 e. The van der Waals surface area contributed by atoms with Crippen LogP contribution in [0.25, 0.3) is 0 Å². The van der Waals surface area contributed by atoms with Gasteiger partial charge in [-0.2, -0.15) is 0 Å². The van der Waals surface area contributed by atoms with Crippen molar-refractivity contribution in [1.29, 1.82) is 0 Å². The quantitative estimate of drug-likeness (QED) is 0.701. The number of phenolic OH excluding ortho intramolecular Hbond substituents is 1. The summed E-state index contributed by atoms with van der Waals surface area (Å²) in [5, 5.41) is 15.8. The molecule has 4 nitrogen and oxygen atoms in total. The Balaban J connectivity index is 1.72. The van der Waals surface area contributed by atoms with Crippen LogP contribution in [-0.2, 0) is 0 Å². The van der Waals surface area contributed by atoms with Gasteiger partial charge in [0.2, 0.25) is 0 Å². The van der Waals surface area contributed by atoms with Gasteiger partial charge in [-0.1, -0.05) is 34.1 Å². The van der Waals surface area contributed by atoms with Gasteiger partial charge in [0, 0.05) is 23.2 Å². The summed E-state index contributed by atoms with van der Waals surface area (Å²) in [5.74, 6) is -0.288. The Bertz CT molecular complexity index is 602. The summed E-state index contributed by atoms with van der Waals surface area (Å²) in [4.78, 5) is 11.9. The molecule has 3 N–H and O–H groups in total. The van der Waals surface area contributed by atoms with Crippen molar-refractivity contribution in [3.05, 3.63) is 58.6 Å². The Kier molecular flexibility index (Phi) is 5.63. The summed E-state index contributed by atoms with van der Waals surface area (Å²) < 4.78 is 0.739. The predicted octanol–water partition coefficient (Wildman–Crippen LogP) is 3.39. The van der Waals surface area contributed by atoms with Crippen LogP contribution < -0.4 is 10.6 Å². The van der Waals surface area contributed by atoms with Gasteiger partial charge in [0.1, 0.15) is 5.75 Å². The third-order valence-corrected chi connectivity index (χ3v) is 3.44. The first-order valence-corrected chi connectivity index (χ1v) is 7.52. The van der Waals surface area contributed by atoms with Gasteiger partial charge in [0.05, 0.1) is 5.56 Å². The average molecular weight is 349 g/mol. The Labute approximate surface area is 132 Å². The van der Waals surface area contributed by atoms with Gasteiger partial charge < -0.3 is 15.7 Å². The van der Waals surface area contributed by atoms with Crippen molar-refractivity contribution in [1.82, 2.24) is 5.32 Å². The number of anilines is 1. The Morgan fingerprint density at radius 1 is 1.10 bits per heavy atom. The molecule has 0 aromatic heterocycles. The van der Waals surface area contributed by atoms with E-state index in [2.05, 4.69) is 26.6 Å². The monoisotopic (exact) mass is 348 g/mol. The standard InChI is InChI=1S/C16H17BrN2O2/c17-12-7-8-14(15(20)11-12)16(21)19-10-4-9-18-13-5-2-1-3-6-13/h1-3,5-8,11,18,20H,4,9-10H2,(H,19,21). The van der Waals surface area contributed by atoms with Crippen LogP contribution in [0.1, 0.15) is 16.8 Å². The number of halogens is 1. The summed E-state index contributed by atoms with van der Waals surface area (Å²) in [5.41, 5.74) is 1.35. The lowest BCUT2D eigenvalue weighted by molar-refractivity contribution is 0.0951. The number of rotatable bonds is 6. The van der Waals surface area contributed by atoms with Crippen molar-refractivity contribution in [2.75, 3.05) is 18.4 Å².